The summed E-state index contributed by atoms with van der Waals surface area (Å²) < 4.78 is 1.91. The van der Waals surface area contributed by atoms with Crippen molar-refractivity contribution in [3.8, 4) is 0 Å². The van der Waals surface area contributed by atoms with E-state index in [9.17, 15) is 0 Å². The summed E-state index contributed by atoms with van der Waals surface area (Å²) in [6, 6.07) is 10.4. The second-order valence-electron chi connectivity index (χ2n) is 4.32. The second kappa shape index (κ2) is 6.74. The smallest absolute Gasteiger partial charge is 0.181 e. The van der Waals surface area contributed by atoms with Crippen LogP contribution in [-0.2, 0) is 6.54 Å². The maximum atomic E-state index is 4.78. The Bertz CT molecular complexity index is 757. The summed E-state index contributed by atoms with van der Waals surface area (Å²) in [6.45, 7) is 0.786. The first-order valence-electron chi connectivity index (χ1n) is 6.39. The van der Waals surface area contributed by atoms with E-state index < -0.39 is 0 Å². The van der Waals surface area contributed by atoms with Crippen molar-refractivity contribution in [3.63, 3.8) is 0 Å². The van der Waals surface area contributed by atoms with Crippen LogP contribution >= 0.6 is 34.9 Å². The molecule has 3 rings (SSSR count). The van der Waals surface area contributed by atoms with Crippen LogP contribution < -0.4 is 5.32 Å². The van der Waals surface area contributed by atoms with Gasteiger partial charge < -0.3 is 5.32 Å². The van der Waals surface area contributed by atoms with Gasteiger partial charge in [0.2, 0.25) is 0 Å². The number of benzene rings is 1. The van der Waals surface area contributed by atoms with Crippen LogP contribution in [-0.4, -0.2) is 28.5 Å². The Balaban J connectivity index is 2.00. The van der Waals surface area contributed by atoms with Crippen molar-refractivity contribution in [2.75, 3.05) is 13.3 Å². The van der Waals surface area contributed by atoms with Gasteiger partial charge in [-0.05, 0) is 42.8 Å². The molecule has 2 heterocycles. The van der Waals surface area contributed by atoms with Crippen molar-refractivity contribution >= 4 is 45.8 Å². The molecular weight excluding hydrogens is 320 g/mol. The van der Waals surface area contributed by atoms with Crippen LogP contribution in [0.5, 0.6) is 0 Å². The zero-order valence-electron chi connectivity index (χ0n) is 11.7. The molecule has 1 aromatic carbocycles. The molecule has 3 aromatic rings. The molecule has 1 N–H and O–H groups in total. The molecule has 0 aliphatic carbocycles. The maximum Gasteiger partial charge on any atom is 0.181 e. The Hall–Kier alpha value is -1.15. The number of fused-ring (bicyclic) bond motifs is 1. The van der Waals surface area contributed by atoms with E-state index in [1.807, 2.05) is 31.5 Å². The van der Waals surface area contributed by atoms with Crippen molar-refractivity contribution in [2.45, 2.75) is 20.3 Å². The summed E-state index contributed by atoms with van der Waals surface area (Å²) in [6.07, 6.45) is 2.01. The highest BCUT2D eigenvalue weighted by atomic mass is 32.2. The maximum absolute atomic E-state index is 4.78. The number of para-hydroxylation sites is 1. The van der Waals surface area contributed by atoms with Gasteiger partial charge in [-0.3, -0.25) is 0 Å². The second-order valence-corrected chi connectivity index (χ2v) is 7.58. The molecule has 0 fully saturated rings. The average Bonchev–Trinajstić information content (AvgIpc) is 2.96. The van der Waals surface area contributed by atoms with Crippen LogP contribution in [0.3, 0.4) is 0 Å². The van der Waals surface area contributed by atoms with E-state index in [-0.39, 0.29) is 0 Å². The van der Waals surface area contributed by atoms with Crippen LogP contribution in [0.2, 0.25) is 0 Å². The predicted molar refractivity (Wildman–Crippen MR) is 90.3 cm³/mol. The van der Waals surface area contributed by atoms with Crippen molar-refractivity contribution in [1.82, 2.24) is 20.5 Å². The number of hydrogen-bond acceptors (Lipinski definition) is 7. The van der Waals surface area contributed by atoms with Crippen molar-refractivity contribution in [3.05, 3.63) is 35.9 Å². The fourth-order valence-corrected chi connectivity index (χ4v) is 4.41. The molecule has 0 aliphatic heterocycles. The summed E-state index contributed by atoms with van der Waals surface area (Å²) in [5.41, 5.74) is 2.19. The SMILES string of the molecule is CNCc1cc2ccccc2nc1Sc1nnc(SC)s1. The van der Waals surface area contributed by atoms with Gasteiger partial charge in [0.1, 0.15) is 5.03 Å². The average molecular weight is 334 g/mol. The van der Waals surface area contributed by atoms with Crippen LogP contribution in [0.25, 0.3) is 10.9 Å². The van der Waals surface area contributed by atoms with E-state index in [0.29, 0.717) is 0 Å². The summed E-state index contributed by atoms with van der Waals surface area (Å²) in [7, 11) is 1.94. The Labute approximate surface area is 135 Å². The first-order chi connectivity index (χ1) is 10.3. The zero-order chi connectivity index (χ0) is 14.7. The van der Waals surface area contributed by atoms with Gasteiger partial charge in [-0.25, -0.2) is 4.98 Å². The topological polar surface area (TPSA) is 50.7 Å². The Morgan fingerprint density at radius 1 is 1.19 bits per heavy atom. The van der Waals surface area contributed by atoms with E-state index in [0.717, 1.165) is 31.2 Å². The molecule has 0 saturated heterocycles. The van der Waals surface area contributed by atoms with E-state index >= 15 is 0 Å². The number of hydrogen-bond donors (Lipinski definition) is 1. The molecule has 21 heavy (non-hydrogen) atoms. The van der Waals surface area contributed by atoms with Gasteiger partial charge >= 0.3 is 0 Å². The van der Waals surface area contributed by atoms with Gasteiger partial charge in [0.15, 0.2) is 8.68 Å². The lowest BCUT2D eigenvalue weighted by atomic mass is 10.1. The Morgan fingerprint density at radius 2 is 2.00 bits per heavy atom. The largest absolute Gasteiger partial charge is 0.316 e. The van der Waals surface area contributed by atoms with E-state index in [1.54, 1.807) is 34.9 Å². The minimum atomic E-state index is 0.786. The summed E-state index contributed by atoms with van der Waals surface area (Å²) in [5, 5.41) is 13.7. The molecule has 0 spiro atoms. The Kier molecular flexibility index (Phi) is 4.74. The van der Waals surface area contributed by atoms with E-state index in [2.05, 4.69) is 27.6 Å². The molecule has 0 bridgehead atoms. The third-order valence-corrected chi connectivity index (χ3v) is 5.87. The van der Waals surface area contributed by atoms with Crippen molar-refractivity contribution in [2.24, 2.45) is 0 Å². The number of thioether (sulfide) groups is 1. The minimum absolute atomic E-state index is 0.786. The third-order valence-electron chi connectivity index (χ3n) is 2.88. The van der Waals surface area contributed by atoms with Gasteiger partial charge in [-0.15, -0.1) is 10.2 Å². The monoisotopic (exact) mass is 334 g/mol. The molecule has 0 atom stereocenters. The van der Waals surface area contributed by atoms with Crippen LogP contribution in [0, 0.1) is 0 Å². The number of rotatable bonds is 5. The first kappa shape index (κ1) is 14.8. The van der Waals surface area contributed by atoms with Gasteiger partial charge in [0.25, 0.3) is 0 Å². The molecule has 108 valence electrons. The summed E-state index contributed by atoms with van der Waals surface area (Å²) in [4.78, 5) is 4.78. The van der Waals surface area contributed by atoms with Crippen LogP contribution in [0.15, 0.2) is 44.0 Å². The highest BCUT2D eigenvalue weighted by molar-refractivity contribution is 8.03. The van der Waals surface area contributed by atoms with E-state index in [4.69, 9.17) is 4.98 Å². The number of aromatic nitrogens is 3. The van der Waals surface area contributed by atoms with Gasteiger partial charge in [-0.2, -0.15) is 0 Å². The predicted octanol–water partition coefficient (Wildman–Crippen LogP) is 3.68. The highest BCUT2D eigenvalue weighted by Gasteiger charge is 2.11. The quantitative estimate of drug-likeness (QED) is 0.718. The lowest BCUT2D eigenvalue weighted by Gasteiger charge is -2.08. The fourth-order valence-electron chi connectivity index (χ4n) is 1.95. The van der Waals surface area contributed by atoms with Crippen LogP contribution in [0.1, 0.15) is 5.56 Å². The lowest BCUT2D eigenvalue weighted by Crippen LogP contribution is -2.07. The number of nitrogens with zero attached hydrogens (tertiary/aromatic N) is 3. The minimum Gasteiger partial charge on any atom is -0.316 e. The Morgan fingerprint density at radius 3 is 2.76 bits per heavy atom. The summed E-state index contributed by atoms with van der Waals surface area (Å²) >= 11 is 4.80. The molecule has 0 saturated carbocycles. The molecule has 0 radical (unpaired) electrons. The number of pyridine rings is 1. The first-order valence-corrected chi connectivity index (χ1v) is 9.24. The van der Waals surface area contributed by atoms with Gasteiger partial charge in [0.05, 0.1) is 5.52 Å². The molecular formula is C14H14N4S3. The lowest BCUT2D eigenvalue weighted by molar-refractivity contribution is 0.793. The van der Waals surface area contributed by atoms with Crippen molar-refractivity contribution in [1.29, 1.82) is 0 Å². The fraction of sp³-hybridized carbons (Fsp3) is 0.214. The number of nitrogens with one attached hydrogen (secondary N) is 1. The summed E-state index contributed by atoms with van der Waals surface area (Å²) in [5.74, 6) is 0. The normalized spacial score (nSPS) is 11.1. The zero-order valence-corrected chi connectivity index (χ0v) is 14.1. The molecule has 2 aromatic heterocycles. The molecule has 0 amide bonds. The molecule has 0 aliphatic rings. The molecule has 0 unspecified atom stereocenters. The third kappa shape index (κ3) is 3.37. The van der Waals surface area contributed by atoms with Crippen LogP contribution in [0.4, 0.5) is 0 Å². The van der Waals surface area contributed by atoms with Gasteiger partial charge in [0, 0.05) is 11.9 Å². The van der Waals surface area contributed by atoms with E-state index in [1.165, 1.54) is 5.56 Å². The van der Waals surface area contributed by atoms with Gasteiger partial charge in [-0.1, -0.05) is 41.3 Å². The molecule has 4 nitrogen and oxygen atoms in total. The molecule has 7 heteroatoms. The van der Waals surface area contributed by atoms with Crippen molar-refractivity contribution < 1.29 is 0 Å². The highest BCUT2D eigenvalue weighted by Crippen LogP contribution is 2.34. The standard InChI is InChI=1S/C14H14N4S3/c1-15-8-10-7-9-5-3-4-6-11(9)16-12(10)20-14-18-17-13(19-2)21-14/h3-7,15H,8H2,1-2H3.